The van der Waals surface area contributed by atoms with Crippen molar-refractivity contribution in [3.8, 4) is 5.75 Å². The number of carbonyl (C=O) groups excluding carboxylic acids is 1. The van der Waals surface area contributed by atoms with Crippen LogP contribution in [0.25, 0.3) is 0 Å². The van der Waals surface area contributed by atoms with E-state index in [0.717, 1.165) is 5.56 Å². The fraction of sp³-hybridized carbons (Fsp3) is 0.278. The Morgan fingerprint density at radius 2 is 1.68 bits per heavy atom. The quantitative estimate of drug-likeness (QED) is 0.796. The van der Waals surface area contributed by atoms with Gasteiger partial charge in [-0.1, -0.05) is 48.5 Å². The first-order valence-corrected chi connectivity index (χ1v) is 7.26. The van der Waals surface area contributed by atoms with E-state index in [9.17, 15) is 4.79 Å². The molecule has 22 heavy (non-hydrogen) atoms. The van der Waals surface area contributed by atoms with Crippen LogP contribution in [0.4, 0.5) is 0 Å². The van der Waals surface area contributed by atoms with Gasteiger partial charge in [0.05, 0.1) is 20.3 Å². The Balaban J connectivity index is 2.02. The number of para-hydroxylation sites is 1. The molecule has 1 atom stereocenters. The van der Waals surface area contributed by atoms with E-state index in [0.29, 0.717) is 24.5 Å². The van der Waals surface area contributed by atoms with Gasteiger partial charge < -0.3 is 14.2 Å². The van der Waals surface area contributed by atoms with E-state index < -0.39 is 12.2 Å². The van der Waals surface area contributed by atoms with E-state index in [2.05, 4.69) is 0 Å². The second-order valence-corrected chi connectivity index (χ2v) is 5.06. The van der Waals surface area contributed by atoms with Crippen LogP contribution in [0.5, 0.6) is 5.75 Å². The van der Waals surface area contributed by atoms with Gasteiger partial charge in [-0.15, -0.1) is 0 Å². The zero-order valence-electron chi connectivity index (χ0n) is 12.4. The highest BCUT2D eigenvalue weighted by molar-refractivity contribution is 6.01. The average molecular weight is 298 g/mol. The Morgan fingerprint density at radius 3 is 2.36 bits per heavy atom. The molecule has 0 N–H and O–H groups in total. The summed E-state index contributed by atoms with van der Waals surface area (Å²) in [7, 11) is 1.60. The minimum absolute atomic E-state index is 0.0306. The molecule has 0 bridgehead atoms. The van der Waals surface area contributed by atoms with Gasteiger partial charge in [0.2, 0.25) is 0 Å². The molecule has 0 radical (unpaired) electrons. The summed E-state index contributed by atoms with van der Waals surface area (Å²) in [6, 6.07) is 16.7. The van der Waals surface area contributed by atoms with Crippen molar-refractivity contribution < 1.29 is 19.0 Å². The molecule has 0 aliphatic carbocycles. The Bertz CT molecular complexity index is 633. The lowest BCUT2D eigenvalue weighted by molar-refractivity contribution is -0.0539. The van der Waals surface area contributed by atoms with Crippen molar-refractivity contribution in [2.45, 2.75) is 12.2 Å². The van der Waals surface area contributed by atoms with E-state index in [1.54, 1.807) is 19.2 Å². The average Bonchev–Trinajstić information content (AvgIpc) is 3.10. The number of ether oxygens (including phenoxy) is 3. The van der Waals surface area contributed by atoms with E-state index in [1.165, 1.54) is 0 Å². The third-order valence-corrected chi connectivity index (χ3v) is 3.73. The van der Waals surface area contributed by atoms with Crippen LogP contribution in [0.3, 0.4) is 0 Å². The third-order valence-electron chi connectivity index (χ3n) is 3.73. The second kappa shape index (κ2) is 6.73. The van der Waals surface area contributed by atoms with Crippen LogP contribution in [0, 0.1) is 0 Å². The first kappa shape index (κ1) is 14.8. The first-order valence-electron chi connectivity index (χ1n) is 7.26. The zero-order chi connectivity index (χ0) is 15.4. The summed E-state index contributed by atoms with van der Waals surface area (Å²) >= 11 is 0. The normalized spacial score (nSPS) is 16.4. The molecule has 1 fully saturated rings. The van der Waals surface area contributed by atoms with Gasteiger partial charge in [0.25, 0.3) is 0 Å². The van der Waals surface area contributed by atoms with E-state index in [4.69, 9.17) is 14.2 Å². The number of methoxy groups -OCH3 is 1. The lowest BCUT2D eigenvalue weighted by Gasteiger charge is -2.23. The van der Waals surface area contributed by atoms with Crippen molar-refractivity contribution in [2.24, 2.45) is 0 Å². The summed E-state index contributed by atoms with van der Waals surface area (Å²) in [4.78, 5) is 13.0. The van der Waals surface area contributed by atoms with Gasteiger partial charge in [0.1, 0.15) is 11.7 Å². The summed E-state index contributed by atoms with van der Waals surface area (Å²) in [5, 5.41) is 0. The Morgan fingerprint density at radius 1 is 1.05 bits per heavy atom. The topological polar surface area (TPSA) is 44.8 Å². The number of ketones is 1. The first-order chi connectivity index (χ1) is 10.8. The number of benzene rings is 2. The fourth-order valence-corrected chi connectivity index (χ4v) is 2.69. The summed E-state index contributed by atoms with van der Waals surface area (Å²) in [5.74, 6) is 0.0916. The molecule has 0 aromatic heterocycles. The Kier molecular flexibility index (Phi) is 4.51. The van der Waals surface area contributed by atoms with Gasteiger partial charge in [0, 0.05) is 11.1 Å². The Hall–Kier alpha value is -2.17. The molecule has 3 rings (SSSR count). The lowest BCUT2D eigenvalue weighted by atomic mass is 9.89. The van der Waals surface area contributed by atoms with Crippen molar-refractivity contribution in [1.29, 1.82) is 0 Å². The standard InChI is InChI=1S/C18H18O4/c1-20-15-10-6-5-9-14(15)16(18-21-11-12-22-18)17(19)13-7-3-2-4-8-13/h2-10,16,18H,11-12H2,1H3. The number of rotatable bonds is 5. The monoisotopic (exact) mass is 298 g/mol. The minimum Gasteiger partial charge on any atom is -0.496 e. The molecule has 114 valence electrons. The minimum atomic E-state index is -0.580. The molecule has 2 aromatic carbocycles. The molecular weight excluding hydrogens is 280 g/mol. The smallest absolute Gasteiger partial charge is 0.175 e. The van der Waals surface area contributed by atoms with Crippen molar-refractivity contribution in [3.63, 3.8) is 0 Å². The molecule has 0 spiro atoms. The Labute approximate surface area is 129 Å². The molecule has 0 amide bonds. The molecular formula is C18H18O4. The molecule has 4 nitrogen and oxygen atoms in total. The van der Waals surface area contributed by atoms with Crippen LogP contribution in [0.15, 0.2) is 54.6 Å². The largest absolute Gasteiger partial charge is 0.496 e. The summed E-state index contributed by atoms with van der Waals surface area (Å²) in [5.41, 5.74) is 1.42. The molecule has 1 unspecified atom stereocenters. The van der Waals surface area contributed by atoms with Crippen LogP contribution in [-0.2, 0) is 9.47 Å². The third kappa shape index (κ3) is 2.89. The van der Waals surface area contributed by atoms with Crippen molar-refractivity contribution >= 4 is 5.78 Å². The zero-order valence-corrected chi connectivity index (χ0v) is 12.4. The summed E-state index contributed by atoms with van der Waals surface area (Å²) in [6.45, 7) is 0.997. The van der Waals surface area contributed by atoms with Crippen LogP contribution in [0.1, 0.15) is 21.8 Å². The van der Waals surface area contributed by atoms with Crippen LogP contribution in [0.2, 0.25) is 0 Å². The van der Waals surface area contributed by atoms with Gasteiger partial charge in [-0.3, -0.25) is 4.79 Å². The molecule has 4 heteroatoms. The SMILES string of the molecule is COc1ccccc1C(C(=O)c1ccccc1)C1OCCO1. The molecule has 1 saturated heterocycles. The van der Waals surface area contributed by atoms with Gasteiger partial charge in [-0.2, -0.15) is 0 Å². The van der Waals surface area contributed by atoms with Crippen LogP contribution in [-0.4, -0.2) is 32.4 Å². The van der Waals surface area contributed by atoms with Crippen LogP contribution < -0.4 is 4.74 Å². The van der Waals surface area contributed by atoms with Crippen molar-refractivity contribution in [2.75, 3.05) is 20.3 Å². The maximum Gasteiger partial charge on any atom is 0.175 e. The molecule has 1 aliphatic heterocycles. The van der Waals surface area contributed by atoms with Crippen molar-refractivity contribution in [3.05, 3.63) is 65.7 Å². The number of carbonyl (C=O) groups is 1. The van der Waals surface area contributed by atoms with E-state index in [-0.39, 0.29) is 5.78 Å². The predicted molar refractivity (Wildman–Crippen MR) is 82.2 cm³/mol. The fourth-order valence-electron chi connectivity index (χ4n) is 2.69. The summed E-state index contributed by atoms with van der Waals surface area (Å²) in [6.07, 6.45) is -0.580. The van der Waals surface area contributed by atoms with E-state index >= 15 is 0 Å². The molecule has 2 aromatic rings. The van der Waals surface area contributed by atoms with Gasteiger partial charge in [-0.25, -0.2) is 0 Å². The number of hydrogen-bond donors (Lipinski definition) is 0. The maximum atomic E-state index is 13.0. The maximum absolute atomic E-state index is 13.0. The second-order valence-electron chi connectivity index (χ2n) is 5.06. The highest BCUT2D eigenvalue weighted by Crippen LogP contribution is 2.34. The van der Waals surface area contributed by atoms with Gasteiger partial charge in [0.15, 0.2) is 12.1 Å². The summed E-state index contributed by atoms with van der Waals surface area (Å²) < 4.78 is 16.6. The highest BCUT2D eigenvalue weighted by Gasteiger charge is 2.36. The lowest BCUT2D eigenvalue weighted by Crippen LogP contribution is -2.27. The van der Waals surface area contributed by atoms with Gasteiger partial charge in [-0.05, 0) is 6.07 Å². The number of Topliss-reactive ketones (excluding diaryl/α,β-unsaturated/α-hetero) is 1. The van der Waals surface area contributed by atoms with Crippen molar-refractivity contribution in [1.82, 2.24) is 0 Å². The highest BCUT2D eigenvalue weighted by atomic mass is 16.7. The van der Waals surface area contributed by atoms with E-state index in [1.807, 2.05) is 42.5 Å². The number of hydrogen-bond acceptors (Lipinski definition) is 4. The molecule has 1 aliphatic rings. The molecule has 0 saturated carbocycles. The molecule has 1 heterocycles. The predicted octanol–water partition coefficient (Wildman–Crippen LogP) is 3.03. The van der Waals surface area contributed by atoms with Crippen LogP contribution >= 0.6 is 0 Å². The van der Waals surface area contributed by atoms with Gasteiger partial charge >= 0.3 is 0 Å².